The van der Waals surface area contributed by atoms with Gasteiger partial charge in [-0.15, -0.1) is 13.2 Å². The van der Waals surface area contributed by atoms with E-state index in [0.29, 0.717) is 11.8 Å². The molecule has 2 unspecified atom stereocenters. The molecule has 0 aromatic heterocycles. The molecule has 0 spiro atoms. The molecule has 2 atom stereocenters. The lowest BCUT2D eigenvalue weighted by Gasteiger charge is -2.32. The van der Waals surface area contributed by atoms with Crippen molar-refractivity contribution in [1.82, 2.24) is 0 Å². The van der Waals surface area contributed by atoms with Gasteiger partial charge < -0.3 is 18.9 Å². The predicted molar refractivity (Wildman–Crippen MR) is 150 cm³/mol. The Labute approximate surface area is 215 Å². The fraction of sp³-hybridized carbons (Fsp3) is 0.933. The lowest BCUT2D eigenvalue weighted by molar-refractivity contribution is -0.225. The lowest BCUT2D eigenvalue weighted by Crippen LogP contribution is -2.37. The van der Waals surface area contributed by atoms with E-state index in [4.69, 9.17) is 18.9 Å². The molecule has 0 saturated carbocycles. The van der Waals surface area contributed by atoms with Gasteiger partial charge in [0.15, 0.2) is 11.6 Å². The quantitative estimate of drug-likeness (QED) is 0.0971. The maximum absolute atomic E-state index is 5.42. The standard InChI is InChI=1S/2C14H30O2.C2H4/c2*1-6-7-8-9-10-11-12-13(2)14(3,15-4)16-5;1-2/h2*13H,6-12H2,1-5H3;1-2H2. The lowest BCUT2D eigenvalue weighted by atomic mass is 9.94. The van der Waals surface area contributed by atoms with E-state index >= 15 is 0 Å². The molecule has 0 aromatic carbocycles. The van der Waals surface area contributed by atoms with Crippen LogP contribution in [0.25, 0.3) is 0 Å². The van der Waals surface area contributed by atoms with Gasteiger partial charge >= 0.3 is 0 Å². The predicted octanol–water partition coefficient (Wildman–Crippen LogP) is 9.57. The number of methoxy groups -OCH3 is 4. The second-order valence-corrected chi connectivity index (χ2v) is 9.76. The van der Waals surface area contributed by atoms with E-state index in [1.165, 1.54) is 89.9 Å². The van der Waals surface area contributed by atoms with Crippen LogP contribution in [0.15, 0.2) is 13.2 Å². The van der Waals surface area contributed by atoms with Gasteiger partial charge in [-0.05, 0) is 26.7 Å². The minimum absolute atomic E-state index is 0.413. The van der Waals surface area contributed by atoms with Crippen LogP contribution in [-0.4, -0.2) is 40.0 Å². The molecule has 0 aliphatic heterocycles. The Balaban J connectivity index is -0.000000526. The molecule has 0 heterocycles. The fourth-order valence-electron chi connectivity index (χ4n) is 3.96. The zero-order valence-electron chi connectivity index (χ0n) is 25.1. The summed E-state index contributed by atoms with van der Waals surface area (Å²) in [5.74, 6) is 0.0784. The monoisotopic (exact) mass is 488 g/mol. The molecule has 0 N–H and O–H groups in total. The number of hydrogen-bond donors (Lipinski definition) is 0. The molecule has 0 aromatic rings. The van der Waals surface area contributed by atoms with E-state index in [-0.39, 0.29) is 0 Å². The third-order valence-corrected chi connectivity index (χ3v) is 7.39. The Hall–Kier alpha value is -0.420. The van der Waals surface area contributed by atoms with Crippen LogP contribution in [-0.2, 0) is 18.9 Å². The summed E-state index contributed by atoms with van der Waals surface area (Å²) in [7, 11) is 6.89. The Morgan fingerprint density at radius 1 is 0.500 bits per heavy atom. The minimum atomic E-state index is -0.413. The molecule has 0 aliphatic carbocycles. The first-order valence-corrected chi connectivity index (χ1v) is 13.9. The SMILES string of the molecule is C=C.CCCCCCCCC(C)C(C)(OC)OC.CCCCCCCCC(C)C(C)(OC)OC. The molecule has 0 radical (unpaired) electrons. The Morgan fingerprint density at radius 2 is 0.735 bits per heavy atom. The first-order chi connectivity index (χ1) is 16.2. The van der Waals surface area contributed by atoms with E-state index in [1.807, 2.05) is 13.8 Å². The molecular weight excluding hydrogens is 424 g/mol. The second-order valence-electron chi connectivity index (χ2n) is 9.76. The number of hydrogen-bond acceptors (Lipinski definition) is 4. The zero-order chi connectivity index (χ0) is 26.9. The van der Waals surface area contributed by atoms with Crippen molar-refractivity contribution in [2.75, 3.05) is 28.4 Å². The highest BCUT2D eigenvalue weighted by molar-refractivity contribution is 4.71. The average Bonchev–Trinajstić information content (AvgIpc) is 2.88. The molecule has 0 aliphatic rings. The van der Waals surface area contributed by atoms with E-state index in [0.717, 1.165) is 0 Å². The molecule has 4 heteroatoms. The molecule has 0 bridgehead atoms. The zero-order valence-corrected chi connectivity index (χ0v) is 25.1. The molecule has 4 nitrogen and oxygen atoms in total. The van der Waals surface area contributed by atoms with Crippen molar-refractivity contribution < 1.29 is 18.9 Å². The summed E-state index contributed by atoms with van der Waals surface area (Å²) < 4.78 is 21.7. The van der Waals surface area contributed by atoms with Gasteiger partial charge in [0.1, 0.15) is 0 Å². The summed E-state index contributed by atoms with van der Waals surface area (Å²) in [5.41, 5.74) is 0. The van der Waals surface area contributed by atoms with Gasteiger partial charge in [0, 0.05) is 40.3 Å². The summed E-state index contributed by atoms with van der Waals surface area (Å²) in [6, 6.07) is 0. The highest BCUT2D eigenvalue weighted by Crippen LogP contribution is 2.27. The van der Waals surface area contributed by atoms with Gasteiger partial charge in [-0.2, -0.15) is 0 Å². The van der Waals surface area contributed by atoms with E-state index < -0.39 is 11.6 Å². The molecule has 34 heavy (non-hydrogen) atoms. The largest absolute Gasteiger partial charge is 0.353 e. The molecule has 0 fully saturated rings. The van der Waals surface area contributed by atoms with Gasteiger partial charge in [-0.3, -0.25) is 0 Å². The van der Waals surface area contributed by atoms with Crippen molar-refractivity contribution in [1.29, 1.82) is 0 Å². The maximum Gasteiger partial charge on any atom is 0.167 e. The maximum atomic E-state index is 5.42. The van der Waals surface area contributed by atoms with Crippen molar-refractivity contribution in [2.24, 2.45) is 11.8 Å². The Morgan fingerprint density at radius 3 is 0.971 bits per heavy atom. The summed E-state index contributed by atoms with van der Waals surface area (Å²) in [6.45, 7) is 19.0. The molecule has 0 amide bonds. The van der Waals surface area contributed by atoms with Gasteiger partial charge in [0.25, 0.3) is 0 Å². The number of rotatable bonds is 20. The van der Waals surface area contributed by atoms with Crippen LogP contribution in [0.3, 0.4) is 0 Å². The summed E-state index contributed by atoms with van der Waals surface area (Å²) >= 11 is 0. The van der Waals surface area contributed by atoms with Crippen molar-refractivity contribution in [3.63, 3.8) is 0 Å². The van der Waals surface area contributed by atoms with Crippen LogP contribution in [0.5, 0.6) is 0 Å². The van der Waals surface area contributed by atoms with Crippen molar-refractivity contribution in [3.05, 3.63) is 13.2 Å². The van der Waals surface area contributed by atoms with Crippen LogP contribution in [0.1, 0.15) is 131 Å². The summed E-state index contributed by atoms with van der Waals surface area (Å²) in [4.78, 5) is 0. The van der Waals surface area contributed by atoms with Gasteiger partial charge in [-0.25, -0.2) is 0 Å². The van der Waals surface area contributed by atoms with Crippen molar-refractivity contribution in [3.8, 4) is 0 Å². The van der Waals surface area contributed by atoms with Crippen LogP contribution in [0.4, 0.5) is 0 Å². The van der Waals surface area contributed by atoms with E-state index in [9.17, 15) is 0 Å². The third kappa shape index (κ3) is 18.9. The van der Waals surface area contributed by atoms with Crippen molar-refractivity contribution in [2.45, 2.75) is 143 Å². The topological polar surface area (TPSA) is 36.9 Å². The van der Waals surface area contributed by atoms with Crippen molar-refractivity contribution >= 4 is 0 Å². The van der Waals surface area contributed by atoms with E-state index in [2.05, 4.69) is 40.9 Å². The van der Waals surface area contributed by atoms with E-state index in [1.54, 1.807) is 28.4 Å². The van der Waals surface area contributed by atoms with Gasteiger partial charge in [0.05, 0.1) is 0 Å². The van der Waals surface area contributed by atoms with Crippen LogP contribution < -0.4 is 0 Å². The normalized spacial score (nSPS) is 13.4. The van der Waals surface area contributed by atoms with Crippen LogP contribution in [0.2, 0.25) is 0 Å². The first kappa shape index (κ1) is 38.1. The molecule has 208 valence electrons. The highest BCUT2D eigenvalue weighted by Gasteiger charge is 2.30. The Bertz CT molecular complexity index is 355. The van der Waals surface area contributed by atoms with Crippen LogP contribution in [0, 0.1) is 11.8 Å². The summed E-state index contributed by atoms with van der Waals surface area (Å²) in [5, 5.41) is 0. The number of unbranched alkanes of at least 4 members (excludes halogenated alkanes) is 10. The molecule has 0 rings (SSSR count). The van der Waals surface area contributed by atoms with Gasteiger partial charge in [-0.1, -0.05) is 105 Å². The molecule has 0 saturated heterocycles. The number of ether oxygens (including phenoxy) is 4. The smallest absolute Gasteiger partial charge is 0.167 e. The van der Waals surface area contributed by atoms with Crippen LogP contribution >= 0.6 is 0 Å². The van der Waals surface area contributed by atoms with Gasteiger partial charge in [0.2, 0.25) is 0 Å². The molecular formula is C30H64O4. The summed E-state index contributed by atoms with van der Waals surface area (Å²) in [6.07, 6.45) is 18.5. The fourth-order valence-corrected chi connectivity index (χ4v) is 3.96. The first-order valence-electron chi connectivity index (χ1n) is 13.9. The second kappa shape index (κ2) is 25.7. The Kier molecular flexibility index (Phi) is 28.8. The average molecular weight is 489 g/mol. The third-order valence-electron chi connectivity index (χ3n) is 7.39. The highest BCUT2D eigenvalue weighted by atomic mass is 16.7. The minimum Gasteiger partial charge on any atom is -0.353 e.